The van der Waals surface area contributed by atoms with E-state index in [0.29, 0.717) is 0 Å². The van der Waals surface area contributed by atoms with Gasteiger partial charge in [0.05, 0.1) is 5.02 Å². The normalized spacial score (nSPS) is 13.3. The van der Waals surface area contributed by atoms with E-state index in [1.54, 1.807) is 12.1 Å². The van der Waals surface area contributed by atoms with Crippen molar-refractivity contribution in [3.05, 3.63) is 52.8 Å². The van der Waals surface area contributed by atoms with E-state index >= 15 is 0 Å². The Kier molecular flexibility index (Phi) is 2.52. The van der Waals surface area contributed by atoms with Crippen LogP contribution in [0.3, 0.4) is 0 Å². The summed E-state index contributed by atoms with van der Waals surface area (Å²) in [5.41, 5.74) is 4.56. The second-order valence-corrected chi connectivity index (χ2v) is 4.54. The number of nitrogens with one attached hydrogen (secondary N) is 1. The highest BCUT2D eigenvalue weighted by Gasteiger charge is 2.15. The van der Waals surface area contributed by atoms with Gasteiger partial charge < -0.3 is 5.32 Å². The Bertz CT molecular complexity index is 580. The Labute approximate surface area is 104 Å². The van der Waals surface area contributed by atoms with Crippen LogP contribution >= 0.6 is 11.6 Å². The van der Waals surface area contributed by atoms with Crippen molar-refractivity contribution in [2.24, 2.45) is 0 Å². The predicted octanol–water partition coefficient (Wildman–Crippen LogP) is 4.11. The Morgan fingerprint density at radius 1 is 1.18 bits per heavy atom. The molecule has 0 saturated carbocycles. The smallest absolute Gasteiger partial charge is 0.141 e. The second-order valence-electron chi connectivity index (χ2n) is 4.14. The van der Waals surface area contributed by atoms with Gasteiger partial charge in [-0.05, 0) is 41.3 Å². The zero-order valence-corrected chi connectivity index (χ0v) is 9.89. The van der Waals surface area contributed by atoms with Gasteiger partial charge in [-0.3, -0.25) is 0 Å². The topological polar surface area (TPSA) is 12.0 Å². The lowest BCUT2D eigenvalue weighted by molar-refractivity contribution is 0.628. The summed E-state index contributed by atoms with van der Waals surface area (Å²) in [7, 11) is 0. The fourth-order valence-electron chi connectivity index (χ4n) is 2.28. The van der Waals surface area contributed by atoms with Crippen LogP contribution in [0.2, 0.25) is 5.02 Å². The molecule has 0 atom stereocenters. The molecule has 86 valence electrons. The Morgan fingerprint density at radius 3 is 2.88 bits per heavy atom. The van der Waals surface area contributed by atoms with E-state index in [4.69, 9.17) is 11.6 Å². The SMILES string of the molecule is Fc1ccc(-c2cccc3c2CCN3)cc1Cl. The van der Waals surface area contributed by atoms with E-state index < -0.39 is 0 Å². The largest absolute Gasteiger partial charge is 0.384 e. The molecule has 1 aliphatic heterocycles. The molecule has 1 aliphatic rings. The third-order valence-corrected chi connectivity index (χ3v) is 3.39. The first-order valence-corrected chi connectivity index (χ1v) is 5.95. The molecule has 0 spiro atoms. The first-order valence-electron chi connectivity index (χ1n) is 5.57. The minimum atomic E-state index is -0.374. The molecule has 0 saturated heterocycles. The fourth-order valence-corrected chi connectivity index (χ4v) is 2.46. The number of halogens is 2. The van der Waals surface area contributed by atoms with E-state index in [0.717, 1.165) is 24.1 Å². The molecule has 0 fully saturated rings. The lowest BCUT2D eigenvalue weighted by atomic mass is 9.98. The molecular weight excluding hydrogens is 237 g/mol. The van der Waals surface area contributed by atoms with Crippen LogP contribution in [0.5, 0.6) is 0 Å². The maximum absolute atomic E-state index is 13.1. The van der Waals surface area contributed by atoms with Crippen LogP contribution in [0.15, 0.2) is 36.4 Å². The van der Waals surface area contributed by atoms with E-state index in [1.165, 1.54) is 17.3 Å². The summed E-state index contributed by atoms with van der Waals surface area (Å²) < 4.78 is 13.1. The minimum Gasteiger partial charge on any atom is -0.384 e. The summed E-state index contributed by atoms with van der Waals surface area (Å²) in [6, 6.07) is 11.0. The molecule has 2 aromatic carbocycles. The molecule has 2 aromatic rings. The minimum absolute atomic E-state index is 0.172. The zero-order chi connectivity index (χ0) is 11.8. The van der Waals surface area contributed by atoms with Gasteiger partial charge in [-0.25, -0.2) is 4.39 Å². The third-order valence-electron chi connectivity index (χ3n) is 3.10. The molecule has 0 unspecified atom stereocenters. The molecule has 3 rings (SSSR count). The number of hydrogen-bond donors (Lipinski definition) is 1. The van der Waals surface area contributed by atoms with Gasteiger partial charge in [0.25, 0.3) is 0 Å². The molecular formula is C14H11ClFN. The lowest BCUT2D eigenvalue weighted by Crippen LogP contribution is -1.90. The molecule has 0 radical (unpaired) electrons. The highest BCUT2D eigenvalue weighted by molar-refractivity contribution is 6.31. The van der Waals surface area contributed by atoms with E-state index in [1.807, 2.05) is 6.07 Å². The Morgan fingerprint density at radius 2 is 2.06 bits per heavy atom. The van der Waals surface area contributed by atoms with Crippen molar-refractivity contribution >= 4 is 17.3 Å². The number of hydrogen-bond acceptors (Lipinski definition) is 1. The summed E-state index contributed by atoms with van der Waals surface area (Å²) in [6.45, 7) is 0.960. The molecule has 3 heteroatoms. The van der Waals surface area contributed by atoms with Gasteiger partial charge in [0, 0.05) is 12.2 Å². The van der Waals surface area contributed by atoms with Crippen molar-refractivity contribution in [1.82, 2.24) is 0 Å². The van der Waals surface area contributed by atoms with E-state index in [2.05, 4.69) is 17.4 Å². The van der Waals surface area contributed by atoms with Crippen molar-refractivity contribution in [3.8, 4) is 11.1 Å². The first kappa shape index (κ1) is 10.6. The molecule has 1 heterocycles. The number of fused-ring (bicyclic) bond motifs is 1. The second kappa shape index (κ2) is 4.04. The van der Waals surface area contributed by atoms with Crippen LogP contribution < -0.4 is 5.32 Å². The summed E-state index contributed by atoms with van der Waals surface area (Å²) >= 11 is 5.82. The molecule has 17 heavy (non-hydrogen) atoms. The standard InChI is InChI=1S/C14H11ClFN/c15-12-8-9(4-5-13(12)16)10-2-1-3-14-11(10)6-7-17-14/h1-5,8,17H,6-7H2. The maximum Gasteiger partial charge on any atom is 0.141 e. The van der Waals surface area contributed by atoms with Gasteiger partial charge in [0.2, 0.25) is 0 Å². The van der Waals surface area contributed by atoms with Crippen LogP contribution in [-0.4, -0.2) is 6.54 Å². The van der Waals surface area contributed by atoms with Crippen molar-refractivity contribution in [2.75, 3.05) is 11.9 Å². The number of rotatable bonds is 1. The van der Waals surface area contributed by atoms with E-state index in [-0.39, 0.29) is 10.8 Å². The highest BCUT2D eigenvalue weighted by Crippen LogP contribution is 2.34. The molecule has 0 bridgehead atoms. The third kappa shape index (κ3) is 1.79. The maximum atomic E-state index is 13.1. The van der Waals surface area contributed by atoms with Gasteiger partial charge >= 0.3 is 0 Å². The first-order chi connectivity index (χ1) is 8.25. The lowest BCUT2D eigenvalue weighted by Gasteiger charge is -2.08. The monoisotopic (exact) mass is 247 g/mol. The molecule has 0 amide bonds. The molecule has 1 nitrogen and oxygen atoms in total. The average molecular weight is 248 g/mol. The summed E-state index contributed by atoms with van der Waals surface area (Å²) in [4.78, 5) is 0. The predicted molar refractivity (Wildman–Crippen MR) is 69.0 cm³/mol. The Hall–Kier alpha value is -1.54. The van der Waals surface area contributed by atoms with Crippen LogP contribution in [0.1, 0.15) is 5.56 Å². The number of anilines is 1. The Balaban J connectivity index is 2.15. The quantitative estimate of drug-likeness (QED) is 0.800. The van der Waals surface area contributed by atoms with Crippen LogP contribution in [0, 0.1) is 5.82 Å². The van der Waals surface area contributed by atoms with Crippen molar-refractivity contribution in [1.29, 1.82) is 0 Å². The van der Waals surface area contributed by atoms with E-state index in [9.17, 15) is 4.39 Å². The van der Waals surface area contributed by atoms with Crippen LogP contribution in [0.4, 0.5) is 10.1 Å². The zero-order valence-electron chi connectivity index (χ0n) is 9.13. The van der Waals surface area contributed by atoms with Gasteiger partial charge in [-0.15, -0.1) is 0 Å². The number of benzene rings is 2. The molecule has 1 N–H and O–H groups in total. The van der Waals surface area contributed by atoms with Gasteiger partial charge in [0.1, 0.15) is 5.82 Å². The van der Waals surface area contributed by atoms with Crippen molar-refractivity contribution in [2.45, 2.75) is 6.42 Å². The average Bonchev–Trinajstić information content (AvgIpc) is 2.80. The van der Waals surface area contributed by atoms with Crippen LogP contribution in [0.25, 0.3) is 11.1 Å². The van der Waals surface area contributed by atoms with Crippen molar-refractivity contribution < 1.29 is 4.39 Å². The molecule has 0 aromatic heterocycles. The molecule has 0 aliphatic carbocycles. The fraction of sp³-hybridized carbons (Fsp3) is 0.143. The highest BCUT2D eigenvalue weighted by atomic mass is 35.5. The summed E-state index contributed by atoms with van der Waals surface area (Å²) in [5.74, 6) is -0.374. The van der Waals surface area contributed by atoms with Crippen LogP contribution in [-0.2, 0) is 6.42 Å². The van der Waals surface area contributed by atoms with Gasteiger partial charge in [0.15, 0.2) is 0 Å². The van der Waals surface area contributed by atoms with Gasteiger partial charge in [-0.1, -0.05) is 29.8 Å². The van der Waals surface area contributed by atoms with Gasteiger partial charge in [-0.2, -0.15) is 0 Å². The van der Waals surface area contributed by atoms with Crippen molar-refractivity contribution in [3.63, 3.8) is 0 Å². The summed E-state index contributed by atoms with van der Waals surface area (Å²) in [5, 5.41) is 3.50. The summed E-state index contributed by atoms with van der Waals surface area (Å²) in [6.07, 6.45) is 1.00.